The highest BCUT2D eigenvalue weighted by Crippen LogP contribution is 2.14. The number of nitrogens with zero attached hydrogens (tertiary/aromatic N) is 1. The van der Waals surface area contributed by atoms with Gasteiger partial charge in [0.05, 0.1) is 6.10 Å². The molecule has 18 heavy (non-hydrogen) atoms. The standard InChI is InChI=1S/C15H32N2O/c1-4-8-16-11-14(3)12-17-9-6-7-15(13-17)18-10-5-2/h14-16H,4-13H2,1-3H3. The number of nitrogens with one attached hydrogen (secondary N) is 1. The van der Waals surface area contributed by atoms with Gasteiger partial charge in [0.1, 0.15) is 0 Å². The lowest BCUT2D eigenvalue weighted by Gasteiger charge is -2.34. The van der Waals surface area contributed by atoms with E-state index < -0.39 is 0 Å². The molecule has 0 aromatic heterocycles. The molecule has 2 unspecified atom stereocenters. The van der Waals surface area contributed by atoms with Crippen LogP contribution in [0.5, 0.6) is 0 Å². The van der Waals surface area contributed by atoms with Gasteiger partial charge in [-0.05, 0) is 51.2 Å². The summed E-state index contributed by atoms with van der Waals surface area (Å²) >= 11 is 0. The molecule has 0 bridgehead atoms. The molecule has 0 radical (unpaired) electrons. The van der Waals surface area contributed by atoms with Crippen molar-refractivity contribution in [3.8, 4) is 0 Å². The highest BCUT2D eigenvalue weighted by molar-refractivity contribution is 4.75. The van der Waals surface area contributed by atoms with Crippen molar-refractivity contribution in [3.05, 3.63) is 0 Å². The van der Waals surface area contributed by atoms with Crippen LogP contribution in [0.15, 0.2) is 0 Å². The molecule has 1 N–H and O–H groups in total. The van der Waals surface area contributed by atoms with Gasteiger partial charge in [-0.2, -0.15) is 0 Å². The Morgan fingerprint density at radius 3 is 2.89 bits per heavy atom. The minimum absolute atomic E-state index is 0.481. The zero-order chi connectivity index (χ0) is 13.2. The highest BCUT2D eigenvalue weighted by atomic mass is 16.5. The predicted molar refractivity (Wildman–Crippen MR) is 78.0 cm³/mol. The molecule has 0 spiro atoms. The maximum absolute atomic E-state index is 5.89. The Balaban J connectivity index is 2.16. The first-order valence-corrected chi connectivity index (χ1v) is 7.80. The lowest BCUT2D eigenvalue weighted by atomic mass is 10.1. The molecular formula is C15H32N2O. The molecule has 0 saturated carbocycles. The summed E-state index contributed by atoms with van der Waals surface area (Å²) in [5.41, 5.74) is 0. The number of piperidine rings is 1. The number of rotatable bonds is 9. The van der Waals surface area contributed by atoms with Crippen molar-refractivity contribution in [1.82, 2.24) is 10.2 Å². The molecule has 0 aliphatic carbocycles. The van der Waals surface area contributed by atoms with Gasteiger partial charge in [0, 0.05) is 19.7 Å². The summed E-state index contributed by atoms with van der Waals surface area (Å²) < 4.78 is 5.89. The fraction of sp³-hybridized carbons (Fsp3) is 1.00. The van der Waals surface area contributed by atoms with Crippen LogP contribution in [-0.2, 0) is 4.74 Å². The molecule has 108 valence electrons. The summed E-state index contributed by atoms with van der Waals surface area (Å²) in [7, 11) is 0. The third kappa shape index (κ3) is 6.72. The fourth-order valence-electron chi connectivity index (χ4n) is 2.63. The average molecular weight is 256 g/mol. The number of ether oxygens (including phenoxy) is 1. The van der Waals surface area contributed by atoms with Gasteiger partial charge in [0.15, 0.2) is 0 Å². The highest BCUT2D eigenvalue weighted by Gasteiger charge is 2.21. The molecule has 0 aromatic carbocycles. The van der Waals surface area contributed by atoms with E-state index in [-0.39, 0.29) is 0 Å². The Kier molecular flexibility index (Phi) is 8.64. The van der Waals surface area contributed by atoms with Crippen LogP contribution in [0.4, 0.5) is 0 Å². The lowest BCUT2D eigenvalue weighted by molar-refractivity contribution is -0.00321. The van der Waals surface area contributed by atoms with E-state index in [0.717, 1.165) is 38.6 Å². The normalized spacial score (nSPS) is 23.2. The van der Waals surface area contributed by atoms with Gasteiger partial charge >= 0.3 is 0 Å². The third-order valence-corrected chi connectivity index (χ3v) is 3.51. The van der Waals surface area contributed by atoms with Crippen molar-refractivity contribution in [3.63, 3.8) is 0 Å². The summed E-state index contributed by atoms with van der Waals surface area (Å²) in [6.07, 6.45) is 5.38. The van der Waals surface area contributed by atoms with Gasteiger partial charge in [-0.3, -0.25) is 0 Å². The first kappa shape index (κ1) is 15.9. The average Bonchev–Trinajstić information content (AvgIpc) is 2.37. The molecule has 1 aliphatic rings. The van der Waals surface area contributed by atoms with Gasteiger partial charge in [0.2, 0.25) is 0 Å². The third-order valence-electron chi connectivity index (χ3n) is 3.51. The first-order chi connectivity index (χ1) is 8.76. The number of likely N-dealkylation sites (tertiary alicyclic amines) is 1. The lowest BCUT2D eigenvalue weighted by Crippen LogP contribution is -2.43. The summed E-state index contributed by atoms with van der Waals surface area (Å²) in [4.78, 5) is 2.59. The van der Waals surface area contributed by atoms with E-state index in [2.05, 4.69) is 31.0 Å². The van der Waals surface area contributed by atoms with Crippen LogP contribution in [0.25, 0.3) is 0 Å². The SMILES string of the molecule is CCCNCC(C)CN1CCCC(OCCC)C1. The minimum Gasteiger partial charge on any atom is -0.377 e. The van der Waals surface area contributed by atoms with Gasteiger partial charge in [-0.1, -0.05) is 20.8 Å². The Morgan fingerprint density at radius 1 is 1.33 bits per heavy atom. The molecule has 2 atom stereocenters. The maximum Gasteiger partial charge on any atom is 0.0702 e. The zero-order valence-corrected chi connectivity index (χ0v) is 12.6. The van der Waals surface area contributed by atoms with E-state index in [9.17, 15) is 0 Å². The van der Waals surface area contributed by atoms with Gasteiger partial charge < -0.3 is 15.0 Å². The Morgan fingerprint density at radius 2 is 2.17 bits per heavy atom. The summed E-state index contributed by atoms with van der Waals surface area (Å²) in [5.74, 6) is 0.737. The van der Waals surface area contributed by atoms with Crippen molar-refractivity contribution < 1.29 is 4.74 Å². The van der Waals surface area contributed by atoms with E-state index in [1.165, 1.54) is 32.4 Å². The van der Waals surface area contributed by atoms with Crippen LogP contribution >= 0.6 is 0 Å². The summed E-state index contributed by atoms with van der Waals surface area (Å²) in [6.45, 7) is 13.6. The predicted octanol–water partition coefficient (Wildman–Crippen LogP) is 2.51. The smallest absolute Gasteiger partial charge is 0.0702 e. The van der Waals surface area contributed by atoms with Crippen LogP contribution in [0.2, 0.25) is 0 Å². The van der Waals surface area contributed by atoms with Crippen LogP contribution in [0.1, 0.15) is 46.5 Å². The topological polar surface area (TPSA) is 24.5 Å². The maximum atomic E-state index is 5.89. The zero-order valence-electron chi connectivity index (χ0n) is 12.6. The molecule has 3 heteroatoms. The first-order valence-electron chi connectivity index (χ1n) is 7.80. The van der Waals surface area contributed by atoms with Crippen LogP contribution in [0, 0.1) is 5.92 Å². The van der Waals surface area contributed by atoms with Crippen molar-refractivity contribution in [2.75, 3.05) is 39.3 Å². The van der Waals surface area contributed by atoms with E-state index in [1.54, 1.807) is 0 Å². The second-order valence-corrected chi connectivity index (χ2v) is 5.70. The Hall–Kier alpha value is -0.120. The molecule has 1 heterocycles. The summed E-state index contributed by atoms with van der Waals surface area (Å²) in [5, 5.41) is 3.51. The molecule has 0 aromatic rings. The second kappa shape index (κ2) is 9.76. The molecule has 3 nitrogen and oxygen atoms in total. The van der Waals surface area contributed by atoms with Crippen LogP contribution in [-0.4, -0.2) is 50.3 Å². The number of hydrogen-bond donors (Lipinski definition) is 1. The molecule has 1 fully saturated rings. The second-order valence-electron chi connectivity index (χ2n) is 5.70. The summed E-state index contributed by atoms with van der Waals surface area (Å²) in [6, 6.07) is 0. The molecular weight excluding hydrogens is 224 g/mol. The van der Waals surface area contributed by atoms with Crippen LogP contribution < -0.4 is 5.32 Å². The van der Waals surface area contributed by atoms with Crippen molar-refractivity contribution in [2.45, 2.75) is 52.6 Å². The Bertz CT molecular complexity index is 199. The van der Waals surface area contributed by atoms with Crippen molar-refractivity contribution >= 4 is 0 Å². The van der Waals surface area contributed by atoms with E-state index >= 15 is 0 Å². The molecule has 1 rings (SSSR count). The minimum atomic E-state index is 0.481. The van der Waals surface area contributed by atoms with Crippen LogP contribution in [0.3, 0.4) is 0 Å². The van der Waals surface area contributed by atoms with E-state index in [1.807, 2.05) is 0 Å². The molecule has 0 amide bonds. The Labute approximate surface area is 113 Å². The van der Waals surface area contributed by atoms with Crippen molar-refractivity contribution in [1.29, 1.82) is 0 Å². The van der Waals surface area contributed by atoms with Gasteiger partial charge in [-0.15, -0.1) is 0 Å². The van der Waals surface area contributed by atoms with E-state index in [0.29, 0.717) is 6.10 Å². The monoisotopic (exact) mass is 256 g/mol. The molecule has 1 saturated heterocycles. The number of hydrogen-bond acceptors (Lipinski definition) is 3. The molecule has 1 aliphatic heterocycles. The fourth-order valence-corrected chi connectivity index (χ4v) is 2.63. The quantitative estimate of drug-likeness (QED) is 0.642. The van der Waals surface area contributed by atoms with Crippen molar-refractivity contribution in [2.24, 2.45) is 5.92 Å². The van der Waals surface area contributed by atoms with E-state index in [4.69, 9.17) is 4.74 Å². The largest absolute Gasteiger partial charge is 0.377 e. The van der Waals surface area contributed by atoms with Gasteiger partial charge in [-0.25, -0.2) is 0 Å². The van der Waals surface area contributed by atoms with Gasteiger partial charge in [0.25, 0.3) is 0 Å².